The van der Waals surface area contributed by atoms with Gasteiger partial charge in [0, 0.05) is 18.3 Å². The first-order valence-corrected chi connectivity index (χ1v) is 5.54. The maximum absolute atomic E-state index is 4.71. The average molecular weight is 235 g/mol. The molecule has 17 heavy (non-hydrogen) atoms. The summed E-state index contributed by atoms with van der Waals surface area (Å²) in [6.07, 6.45) is 4.95. The predicted molar refractivity (Wildman–Crippen MR) is 62.2 cm³/mol. The molecule has 92 valence electrons. The molecule has 2 rings (SSSR count). The Morgan fingerprint density at radius 1 is 1.41 bits per heavy atom. The summed E-state index contributed by atoms with van der Waals surface area (Å²) in [5.74, 6) is 0.653. The van der Waals surface area contributed by atoms with Gasteiger partial charge in [0.25, 0.3) is 0 Å². The SMILES string of the molecule is CC(C)(C)NCc1cncn1Cc1ncon1. The second kappa shape index (κ2) is 4.67. The van der Waals surface area contributed by atoms with E-state index in [1.54, 1.807) is 6.33 Å². The highest BCUT2D eigenvalue weighted by atomic mass is 16.5. The second-order valence-electron chi connectivity index (χ2n) is 4.96. The molecule has 0 aromatic carbocycles. The molecule has 6 nitrogen and oxygen atoms in total. The molecule has 0 atom stereocenters. The zero-order valence-electron chi connectivity index (χ0n) is 10.3. The highest BCUT2D eigenvalue weighted by Crippen LogP contribution is 2.05. The summed E-state index contributed by atoms with van der Waals surface area (Å²) in [6, 6.07) is 0. The monoisotopic (exact) mass is 235 g/mol. The third-order valence-electron chi connectivity index (χ3n) is 2.32. The Labute approximate surface area is 100 Å². The Morgan fingerprint density at radius 2 is 2.24 bits per heavy atom. The minimum Gasteiger partial charge on any atom is -0.343 e. The van der Waals surface area contributed by atoms with Gasteiger partial charge in [-0.05, 0) is 20.8 Å². The first-order chi connectivity index (χ1) is 8.04. The van der Waals surface area contributed by atoms with E-state index in [0.29, 0.717) is 12.4 Å². The zero-order chi connectivity index (χ0) is 12.3. The fourth-order valence-corrected chi connectivity index (χ4v) is 1.41. The number of nitrogens with zero attached hydrogens (tertiary/aromatic N) is 4. The van der Waals surface area contributed by atoms with Gasteiger partial charge in [-0.3, -0.25) is 0 Å². The van der Waals surface area contributed by atoms with Crippen molar-refractivity contribution in [2.75, 3.05) is 0 Å². The summed E-state index contributed by atoms with van der Waals surface area (Å²) in [6.45, 7) is 7.74. The maximum atomic E-state index is 4.71. The van der Waals surface area contributed by atoms with Crippen LogP contribution in [-0.4, -0.2) is 25.2 Å². The van der Waals surface area contributed by atoms with E-state index in [1.165, 1.54) is 6.39 Å². The second-order valence-corrected chi connectivity index (χ2v) is 4.96. The highest BCUT2D eigenvalue weighted by Gasteiger charge is 2.11. The molecule has 0 aliphatic heterocycles. The lowest BCUT2D eigenvalue weighted by Crippen LogP contribution is -2.35. The fourth-order valence-electron chi connectivity index (χ4n) is 1.41. The van der Waals surface area contributed by atoms with E-state index in [2.05, 4.69) is 41.2 Å². The standard InChI is InChI=1S/C11H17N5O/c1-11(2,3)14-5-9-4-12-7-16(9)6-10-13-8-17-15-10/h4,7-8,14H,5-6H2,1-3H3. The van der Waals surface area contributed by atoms with Crippen molar-refractivity contribution in [2.24, 2.45) is 0 Å². The lowest BCUT2D eigenvalue weighted by atomic mass is 10.1. The molecule has 2 heterocycles. The quantitative estimate of drug-likeness (QED) is 0.862. The molecule has 0 radical (unpaired) electrons. The zero-order valence-corrected chi connectivity index (χ0v) is 10.3. The van der Waals surface area contributed by atoms with Gasteiger partial charge in [0.2, 0.25) is 6.39 Å². The first kappa shape index (κ1) is 11.8. The van der Waals surface area contributed by atoms with Crippen LogP contribution in [0.15, 0.2) is 23.4 Å². The van der Waals surface area contributed by atoms with E-state index < -0.39 is 0 Å². The largest absolute Gasteiger partial charge is 0.343 e. The van der Waals surface area contributed by atoms with Crippen molar-refractivity contribution in [3.63, 3.8) is 0 Å². The topological polar surface area (TPSA) is 68.8 Å². The van der Waals surface area contributed by atoms with Crippen molar-refractivity contribution < 1.29 is 4.52 Å². The van der Waals surface area contributed by atoms with Crippen LogP contribution in [0.1, 0.15) is 32.3 Å². The van der Waals surface area contributed by atoms with Gasteiger partial charge in [-0.1, -0.05) is 5.16 Å². The summed E-state index contributed by atoms with van der Waals surface area (Å²) in [5.41, 5.74) is 1.19. The predicted octanol–water partition coefficient (Wildman–Crippen LogP) is 1.20. The smallest absolute Gasteiger partial charge is 0.213 e. The lowest BCUT2D eigenvalue weighted by Gasteiger charge is -2.20. The molecule has 0 saturated heterocycles. The van der Waals surface area contributed by atoms with Crippen LogP contribution in [0.5, 0.6) is 0 Å². The van der Waals surface area contributed by atoms with E-state index in [4.69, 9.17) is 4.52 Å². The van der Waals surface area contributed by atoms with Crippen molar-refractivity contribution in [2.45, 2.75) is 39.4 Å². The summed E-state index contributed by atoms with van der Waals surface area (Å²) < 4.78 is 6.71. The van der Waals surface area contributed by atoms with Gasteiger partial charge in [0.05, 0.1) is 18.6 Å². The minimum absolute atomic E-state index is 0.0846. The normalized spacial score (nSPS) is 11.9. The van der Waals surface area contributed by atoms with Crippen molar-refractivity contribution >= 4 is 0 Å². The fraction of sp³-hybridized carbons (Fsp3) is 0.545. The van der Waals surface area contributed by atoms with Crippen molar-refractivity contribution in [3.8, 4) is 0 Å². The number of nitrogens with one attached hydrogen (secondary N) is 1. The van der Waals surface area contributed by atoms with Crippen LogP contribution < -0.4 is 5.32 Å². The number of aromatic nitrogens is 4. The third-order valence-corrected chi connectivity index (χ3v) is 2.32. The number of hydrogen-bond acceptors (Lipinski definition) is 5. The summed E-state index contributed by atoms with van der Waals surface area (Å²) in [7, 11) is 0. The van der Waals surface area contributed by atoms with Crippen LogP contribution in [0.2, 0.25) is 0 Å². The van der Waals surface area contributed by atoms with Crippen LogP contribution in [0.25, 0.3) is 0 Å². The Bertz CT molecular complexity index is 454. The van der Waals surface area contributed by atoms with Crippen LogP contribution in [0.3, 0.4) is 0 Å². The molecule has 0 amide bonds. The molecule has 0 aliphatic carbocycles. The maximum Gasteiger partial charge on any atom is 0.213 e. The highest BCUT2D eigenvalue weighted by molar-refractivity contribution is 5.01. The molecule has 0 aliphatic rings. The van der Waals surface area contributed by atoms with Gasteiger partial charge in [-0.15, -0.1) is 0 Å². The van der Waals surface area contributed by atoms with Gasteiger partial charge in [0.1, 0.15) is 0 Å². The van der Waals surface area contributed by atoms with Gasteiger partial charge in [-0.25, -0.2) is 4.98 Å². The van der Waals surface area contributed by atoms with Crippen molar-refractivity contribution in [3.05, 3.63) is 30.4 Å². The average Bonchev–Trinajstić information content (AvgIpc) is 2.86. The Morgan fingerprint density at radius 3 is 2.88 bits per heavy atom. The van der Waals surface area contributed by atoms with E-state index in [0.717, 1.165) is 12.2 Å². The number of rotatable bonds is 4. The lowest BCUT2D eigenvalue weighted by molar-refractivity contribution is 0.404. The van der Waals surface area contributed by atoms with Crippen LogP contribution in [-0.2, 0) is 13.1 Å². The van der Waals surface area contributed by atoms with Crippen LogP contribution in [0.4, 0.5) is 0 Å². The summed E-state index contributed by atoms with van der Waals surface area (Å²) in [4.78, 5) is 8.13. The molecule has 0 bridgehead atoms. The molecular weight excluding hydrogens is 218 g/mol. The third kappa shape index (κ3) is 3.39. The van der Waals surface area contributed by atoms with E-state index in [9.17, 15) is 0 Å². The molecule has 0 unspecified atom stereocenters. The number of imidazole rings is 1. The van der Waals surface area contributed by atoms with E-state index in [-0.39, 0.29) is 5.54 Å². The van der Waals surface area contributed by atoms with E-state index in [1.807, 2.05) is 10.8 Å². The molecule has 0 saturated carbocycles. The van der Waals surface area contributed by atoms with Gasteiger partial charge >= 0.3 is 0 Å². The Hall–Kier alpha value is -1.69. The summed E-state index contributed by atoms with van der Waals surface area (Å²) in [5, 5.41) is 7.21. The van der Waals surface area contributed by atoms with Gasteiger partial charge in [0.15, 0.2) is 5.82 Å². The van der Waals surface area contributed by atoms with E-state index >= 15 is 0 Å². The number of hydrogen-bond donors (Lipinski definition) is 1. The molecule has 0 spiro atoms. The van der Waals surface area contributed by atoms with Gasteiger partial charge < -0.3 is 14.4 Å². The molecule has 0 fully saturated rings. The Balaban J connectivity index is 2.02. The molecule has 1 N–H and O–H groups in total. The molecular formula is C11H17N5O. The van der Waals surface area contributed by atoms with Crippen molar-refractivity contribution in [1.82, 2.24) is 25.0 Å². The van der Waals surface area contributed by atoms with Crippen LogP contribution in [0, 0.1) is 0 Å². The molecule has 2 aromatic rings. The first-order valence-electron chi connectivity index (χ1n) is 5.54. The summed E-state index contributed by atoms with van der Waals surface area (Å²) >= 11 is 0. The minimum atomic E-state index is 0.0846. The van der Waals surface area contributed by atoms with Crippen molar-refractivity contribution in [1.29, 1.82) is 0 Å². The van der Waals surface area contributed by atoms with Crippen LogP contribution >= 0.6 is 0 Å². The molecule has 6 heteroatoms. The molecule has 2 aromatic heterocycles. The Kier molecular flexibility index (Phi) is 3.23. The van der Waals surface area contributed by atoms with Gasteiger partial charge in [-0.2, -0.15) is 4.98 Å².